The first kappa shape index (κ1) is 12.0. The van der Waals surface area contributed by atoms with Crippen LogP contribution in [0.15, 0.2) is 28.2 Å². The van der Waals surface area contributed by atoms with Gasteiger partial charge in [-0.05, 0) is 55.7 Å². The van der Waals surface area contributed by atoms with Crippen molar-refractivity contribution >= 4 is 0 Å². The molecule has 1 saturated carbocycles. The molecule has 0 aliphatic heterocycles. The maximum atomic E-state index is 10.4. The second-order valence-electron chi connectivity index (χ2n) is 5.84. The first-order chi connectivity index (χ1) is 8.75. The Hall–Kier alpha value is -1.02. The standard InChI is InChI=1S/C16H22O2/c1-11-10-13(11)14-8-9-15(18-14)16(17)12-6-4-2-3-5-7-12/h6,8-9,11,13,16-17H,2-5,7,10H2,1H3. The third-order valence-electron chi connectivity index (χ3n) is 4.32. The van der Waals surface area contributed by atoms with Crippen LogP contribution in [0.1, 0.15) is 69.0 Å². The summed E-state index contributed by atoms with van der Waals surface area (Å²) in [5.74, 6) is 3.13. The third-order valence-corrected chi connectivity index (χ3v) is 4.32. The molecular formula is C16H22O2. The topological polar surface area (TPSA) is 33.4 Å². The van der Waals surface area contributed by atoms with Crippen molar-refractivity contribution in [2.45, 2.75) is 57.5 Å². The van der Waals surface area contributed by atoms with E-state index in [1.54, 1.807) is 0 Å². The van der Waals surface area contributed by atoms with Gasteiger partial charge in [0.25, 0.3) is 0 Å². The molecular weight excluding hydrogens is 224 g/mol. The molecule has 2 aliphatic carbocycles. The number of allylic oxidation sites excluding steroid dienone is 1. The lowest BCUT2D eigenvalue weighted by Gasteiger charge is -2.11. The predicted octanol–water partition coefficient (Wildman–Crippen LogP) is 4.33. The molecule has 1 heterocycles. The fraction of sp³-hybridized carbons (Fsp3) is 0.625. The molecule has 0 bridgehead atoms. The van der Waals surface area contributed by atoms with E-state index >= 15 is 0 Å². The van der Waals surface area contributed by atoms with E-state index in [9.17, 15) is 5.11 Å². The number of aliphatic hydroxyl groups is 1. The van der Waals surface area contributed by atoms with E-state index in [1.165, 1.54) is 25.7 Å². The molecule has 0 radical (unpaired) electrons. The van der Waals surface area contributed by atoms with Crippen LogP contribution >= 0.6 is 0 Å². The van der Waals surface area contributed by atoms with E-state index < -0.39 is 6.10 Å². The van der Waals surface area contributed by atoms with Crippen LogP contribution in [0.25, 0.3) is 0 Å². The Labute approximate surface area is 109 Å². The van der Waals surface area contributed by atoms with Gasteiger partial charge in [-0.2, -0.15) is 0 Å². The number of hydrogen-bond acceptors (Lipinski definition) is 2. The third kappa shape index (κ3) is 2.39. The highest BCUT2D eigenvalue weighted by atomic mass is 16.4. The van der Waals surface area contributed by atoms with E-state index in [0.717, 1.165) is 35.9 Å². The van der Waals surface area contributed by atoms with E-state index in [2.05, 4.69) is 13.0 Å². The van der Waals surface area contributed by atoms with Gasteiger partial charge in [-0.3, -0.25) is 0 Å². The fourth-order valence-electron chi connectivity index (χ4n) is 2.90. The lowest BCUT2D eigenvalue weighted by atomic mass is 10.0. The zero-order valence-electron chi connectivity index (χ0n) is 11.1. The average Bonchev–Trinajstić information content (AvgIpc) is 3.00. The number of aliphatic hydroxyl groups excluding tert-OH is 1. The van der Waals surface area contributed by atoms with Gasteiger partial charge in [0, 0.05) is 5.92 Å². The summed E-state index contributed by atoms with van der Waals surface area (Å²) in [5.41, 5.74) is 1.15. The second kappa shape index (κ2) is 4.93. The van der Waals surface area contributed by atoms with E-state index in [-0.39, 0.29) is 0 Å². The van der Waals surface area contributed by atoms with Gasteiger partial charge < -0.3 is 9.52 Å². The largest absolute Gasteiger partial charge is 0.463 e. The van der Waals surface area contributed by atoms with Gasteiger partial charge in [-0.25, -0.2) is 0 Å². The Bertz CT molecular complexity index is 444. The van der Waals surface area contributed by atoms with Crippen molar-refractivity contribution in [3.05, 3.63) is 35.3 Å². The monoisotopic (exact) mass is 246 g/mol. The molecule has 98 valence electrons. The molecule has 2 aliphatic rings. The summed E-state index contributed by atoms with van der Waals surface area (Å²) in [6, 6.07) is 4.00. The quantitative estimate of drug-likeness (QED) is 0.805. The fourth-order valence-corrected chi connectivity index (χ4v) is 2.90. The zero-order chi connectivity index (χ0) is 12.5. The van der Waals surface area contributed by atoms with Gasteiger partial charge in [0.05, 0.1) is 0 Å². The molecule has 3 unspecified atom stereocenters. The highest BCUT2D eigenvalue weighted by molar-refractivity contribution is 5.23. The van der Waals surface area contributed by atoms with Crippen molar-refractivity contribution in [3.8, 4) is 0 Å². The number of furan rings is 1. The van der Waals surface area contributed by atoms with Gasteiger partial charge in [0.1, 0.15) is 17.6 Å². The second-order valence-corrected chi connectivity index (χ2v) is 5.84. The van der Waals surface area contributed by atoms with Crippen LogP contribution < -0.4 is 0 Å². The van der Waals surface area contributed by atoms with Gasteiger partial charge in [0.15, 0.2) is 0 Å². The highest BCUT2D eigenvalue weighted by Crippen LogP contribution is 2.48. The Morgan fingerprint density at radius 3 is 2.89 bits per heavy atom. The van der Waals surface area contributed by atoms with Crippen LogP contribution in [0.2, 0.25) is 0 Å². The zero-order valence-corrected chi connectivity index (χ0v) is 11.1. The molecule has 1 N–H and O–H groups in total. The van der Waals surface area contributed by atoms with Crippen LogP contribution in [0.5, 0.6) is 0 Å². The first-order valence-corrected chi connectivity index (χ1v) is 7.22. The van der Waals surface area contributed by atoms with E-state index in [0.29, 0.717) is 5.92 Å². The lowest BCUT2D eigenvalue weighted by Crippen LogP contribution is -2.00. The summed E-state index contributed by atoms with van der Waals surface area (Å²) in [5, 5.41) is 10.4. The van der Waals surface area contributed by atoms with Crippen molar-refractivity contribution in [3.63, 3.8) is 0 Å². The van der Waals surface area contributed by atoms with Crippen molar-refractivity contribution < 1.29 is 9.52 Å². The molecule has 3 rings (SSSR count). The number of hydrogen-bond donors (Lipinski definition) is 1. The normalized spacial score (nSPS) is 29.6. The van der Waals surface area contributed by atoms with Crippen LogP contribution in [-0.2, 0) is 0 Å². The molecule has 0 amide bonds. The summed E-state index contributed by atoms with van der Waals surface area (Å²) >= 11 is 0. The summed E-state index contributed by atoms with van der Waals surface area (Å²) in [6.07, 6.45) is 8.73. The SMILES string of the molecule is CC1CC1c1ccc(C(O)C2=CCCCCC2)o1. The van der Waals surface area contributed by atoms with Crippen molar-refractivity contribution in [1.29, 1.82) is 0 Å². The molecule has 0 aromatic carbocycles. The van der Waals surface area contributed by atoms with Gasteiger partial charge in [-0.15, -0.1) is 0 Å². The maximum absolute atomic E-state index is 10.4. The molecule has 0 spiro atoms. The maximum Gasteiger partial charge on any atom is 0.136 e. The van der Waals surface area contributed by atoms with Crippen molar-refractivity contribution in [2.75, 3.05) is 0 Å². The number of rotatable bonds is 3. The summed E-state index contributed by atoms with van der Waals surface area (Å²) in [7, 11) is 0. The Morgan fingerprint density at radius 1 is 1.28 bits per heavy atom. The lowest BCUT2D eigenvalue weighted by molar-refractivity contribution is 0.178. The summed E-state index contributed by atoms with van der Waals surface area (Å²) in [6.45, 7) is 2.25. The van der Waals surface area contributed by atoms with Crippen LogP contribution in [0, 0.1) is 5.92 Å². The van der Waals surface area contributed by atoms with Gasteiger partial charge >= 0.3 is 0 Å². The summed E-state index contributed by atoms with van der Waals surface area (Å²) in [4.78, 5) is 0. The molecule has 1 aromatic heterocycles. The van der Waals surface area contributed by atoms with Gasteiger partial charge in [-0.1, -0.05) is 19.4 Å². The molecule has 2 nitrogen and oxygen atoms in total. The van der Waals surface area contributed by atoms with Crippen LogP contribution in [0.3, 0.4) is 0 Å². The van der Waals surface area contributed by atoms with Crippen LogP contribution in [-0.4, -0.2) is 5.11 Å². The molecule has 1 fully saturated rings. The summed E-state index contributed by atoms with van der Waals surface area (Å²) < 4.78 is 5.84. The van der Waals surface area contributed by atoms with Crippen LogP contribution in [0.4, 0.5) is 0 Å². The highest BCUT2D eigenvalue weighted by Gasteiger charge is 2.37. The Morgan fingerprint density at radius 2 is 2.11 bits per heavy atom. The average molecular weight is 246 g/mol. The molecule has 2 heteroatoms. The van der Waals surface area contributed by atoms with Crippen molar-refractivity contribution in [2.24, 2.45) is 5.92 Å². The minimum atomic E-state index is -0.522. The van der Waals surface area contributed by atoms with Crippen molar-refractivity contribution in [1.82, 2.24) is 0 Å². The Balaban J connectivity index is 1.73. The minimum Gasteiger partial charge on any atom is -0.463 e. The first-order valence-electron chi connectivity index (χ1n) is 7.22. The molecule has 18 heavy (non-hydrogen) atoms. The minimum absolute atomic E-state index is 0.522. The van der Waals surface area contributed by atoms with E-state index in [1.807, 2.05) is 12.1 Å². The van der Waals surface area contributed by atoms with E-state index in [4.69, 9.17) is 4.42 Å². The Kier molecular flexibility index (Phi) is 3.29. The smallest absolute Gasteiger partial charge is 0.136 e. The van der Waals surface area contributed by atoms with Gasteiger partial charge in [0.2, 0.25) is 0 Å². The molecule has 3 atom stereocenters. The predicted molar refractivity (Wildman–Crippen MR) is 71.4 cm³/mol. The molecule has 0 saturated heterocycles. The molecule has 1 aromatic rings.